The van der Waals surface area contributed by atoms with Crippen LogP contribution in [0, 0.1) is 12.7 Å². The number of anilines is 1. The topological polar surface area (TPSA) is 76.6 Å². The predicted octanol–water partition coefficient (Wildman–Crippen LogP) is 6.10. The van der Waals surface area contributed by atoms with Gasteiger partial charge in [-0.25, -0.2) is 13.8 Å². The van der Waals surface area contributed by atoms with E-state index in [0.717, 1.165) is 66.5 Å². The lowest BCUT2D eigenvalue weighted by Crippen LogP contribution is -2.57. The molecule has 7 rings (SSSR count). The van der Waals surface area contributed by atoms with Crippen LogP contribution in [0.3, 0.4) is 0 Å². The summed E-state index contributed by atoms with van der Waals surface area (Å²) in [5.41, 5.74) is 3.75. The maximum absolute atomic E-state index is 14.2. The van der Waals surface area contributed by atoms with Crippen molar-refractivity contribution in [3.05, 3.63) is 81.6 Å². The number of imidazole rings is 1. The van der Waals surface area contributed by atoms with E-state index in [2.05, 4.69) is 38.4 Å². The highest BCUT2D eigenvalue weighted by molar-refractivity contribution is 6.31. The van der Waals surface area contributed by atoms with Crippen molar-refractivity contribution in [3.8, 4) is 0 Å². The Labute approximate surface area is 259 Å². The van der Waals surface area contributed by atoms with Crippen molar-refractivity contribution in [2.75, 3.05) is 24.6 Å². The van der Waals surface area contributed by atoms with Crippen molar-refractivity contribution in [3.63, 3.8) is 0 Å². The second-order valence-electron chi connectivity index (χ2n) is 11.7. The second kappa shape index (κ2) is 11.3. The molecule has 224 valence electrons. The minimum absolute atomic E-state index is 0.0756. The van der Waals surface area contributed by atoms with E-state index >= 15 is 0 Å². The van der Waals surface area contributed by atoms with Gasteiger partial charge in [-0.3, -0.25) is 4.90 Å². The molecule has 2 aliphatic heterocycles. The number of fused-ring (bicyclic) bond motifs is 3. The summed E-state index contributed by atoms with van der Waals surface area (Å²) in [7, 11) is 0. The summed E-state index contributed by atoms with van der Waals surface area (Å²) in [4.78, 5) is 14.8. The van der Waals surface area contributed by atoms with Gasteiger partial charge in [-0.15, -0.1) is 10.2 Å². The highest BCUT2D eigenvalue weighted by Crippen LogP contribution is 2.37. The molecule has 0 spiro atoms. The molecule has 0 radical (unpaired) electrons. The summed E-state index contributed by atoms with van der Waals surface area (Å²) in [6, 6.07) is 12.9. The maximum Gasteiger partial charge on any atom is 0.258 e. The maximum atomic E-state index is 14.2. The second-order valence-corrected chi connectivity index (χ2v) is 12.5. The zero-order valence-corrected chi connectivity index (χ0v) is 25.8. The molecular weight excluding hydrogens is 590 g/mol. The SMILES string of the molecule is Cc1nc2c(N3C[C@@H](C)N(C(c4ccc(Cl)cc4)c4ccc(F)c(Cl)c4)C[C@@H]3C)nc3nncn3c2n1CC1CCCO1. The molecule has 0 saturated carbocycles. The Kier molecular flexibility index (Phi) is 7.49. The first-order valence-electron chi connectivity index (χ1n) is 14.7. The van der Waals surface area contributed by atoms with Crippen molar-refractivity contribution in [1.29, 1.82) is 0 Å². The van der Waals surface area contributed by atoms with E-state index in [0.29, 0.717) is 17.3 Å². The lowest BCUT2D eigenvalue weighted by molar-refractivity contribution is 0.0972. The normalized spacial score (nSPS) is 22.2. The number of piperazine rings is 1. The molecule has 2 unspecified atom stereocenters. The number of nitrogens with zero attached hydrogens (tertiary/aromatic N) is 8. The molecule has 0 amide bonds. The van der Waals surface area contributed by atoms with Crippen molar-refractivity contribution in [2.45, 2.75) is 64.4 Å². The molecule has 5 heterocycles. The van der Waals surface area contributed by atoms with Crippen LogP contribution in [0.25, 0.3) is 16.9 Å². The summed E-state index contributed by atoms with van der Waals surface area (Å²) >= 11 is 12.5. The molecule has 2 aliphatic rings. The molecular formula is C31H33Cl2FN8O. The van der Waals surface area contributed by atoms with Crippen LogP contribution in [0.2, 0.25) is 10.0 Å². The van der Waals surface area contributed by atoms with Crippen LogP contribution in [-0.2, 0) is 11.3 Å². The molecule has 2 aromatic carbocycles. The van der Waals surface area contributed by atoms with Gasteiger partial charge in [-0.2, -0.15) is 4.98 Å². The van der Waals surface area contributed by atoms with Crippen LogP contribution >= 0.6 is 23.2 Å². The van der Waals surface area contributed by atoms with E-state index in [1.807, 2.05) is 41.7 Å². The van der Waals surface area contributed by atoms with Gasteiger partial charge in [0.1, 0.15) is 23.5 Å². The molecule has 4 atom stereocenters. The van der Waals surface area contributed by atoms with Crippen molar-refractivity contribution in [1.82, 2.24) is 34.0 Å². The average Bonchev–Trinajstić information content (AvgIpc) is 3.74. The van der Waals surface area contributed by atoms with Gasteiger partial charge in [0, 0.05) is 36.8 Å². The zero-order chi connectivity index (χ0) is 29.8. The van der Waals surface area contributed by atoms with Gasteiger partial charge in [-0.05, 0) is 69.0 Å². The number of aromatic nitrogens is 6. The first kappa shape index (κ1) is 28.5. The minimum atomic E-state index is -0.431. The minimum Gasteiger partial charge on any atom is -0.376 e. The first-order chi connectivity index (χ1) is 20.8. The summed E-state index contributed by atoms with van der Waals surface area (Å²) in [6.45, 7) is 9.38. The van der Waals surface area contributed by atoms with E-state index in [9.17, 15) is 4.39 Å². The van der Waals surface area contributed by atoms with Gasteiger partial charge >= 0.3 is 0 Å². The summed E-state index contributed by atoms with van der Waals surface area (Å²) in [5.74, 6) is 1.82. The Hall–Kier alpha value is -3.31. The van der Waals surface area contributed by atoms with Crippen LogP contribution in [-0.4, -0.2) is 71.9 Å². The third-order valence-corrected chi connectivity index (χ3v) is 9.34. The van der Waals surface area contributed by atoms with Crippen LogP contribution in [0.15, 0.2) is 48.8 Å². The summed E-state index contributed by atoms with van der Waals surface area (Å²) < 4.78 is 24.3. The van der Waals surface area contributed by atoms with Crippen molar-refractivity contribution >= 4 is 46.0 Å². The Balaban J connectivity index is 1.27. The fourth-order valence-electron chi connectivity index (χ4n) is 6.67. The van der Waals surface area contributed by atoms with Gasteiger partial charge < -0.3 is 14.2 Å². The Morgan fingerprint density at radius 1 is 1.02 bits per heavy atom. The molecule has 0 bridgehead atoms. The van der Waals surface area contributed by atoms with Gasteiger partial charge in [0.2, 0.25) is 0 Å². The third kappa shape index (κ3) is 5.14. The molecule has 9 nitrogen and oxygen atoms in total. The summed E-state index contributed by atoms with van der Waals surface area (Å²) in [6.07, 6.45) is 3.97. The monoisotopic (exact) mass is 622 g/mol. The van der Waals surface area contributed by atoms with Gasteiger partial charge in [0.15, 0.2) is 11.5 Å². The van der Waals surface area contributed by atoms with Crippen LogP contribution in [0.1, 0.15) is 49.7 Å². The largest absolute Gasteiger partial charge is 0.376 e. The molecule has 2 fully saturated rings. The quantitative estimate of drug-likeness (QED) is 0.227. The number of ether oxygens (including phenoxy) is 1. The van der Waals surface area contributed by atoms with E-state index in [1.54, 1.807) is 12.4 Å². The molecule has 5 aromatic rings. The number of benzene rings is 2. The number of halogens is 3. The van der Waals surface area contributed by atoms with Crippen LogP contribution in [0.5, 0.6) is 0 Å². The van der Waals surface area contributed by atoms with Crippen molar-refractivity contribution in [2.24, 2.45) is 0 Å². The standard InChI is InChI=1S/C31H33Cl2FN8O/c1-18-15-40(19(2)14-39(18)28(21-6-9-23(32)10-7-21)22-8-11-26(34)25(33)13-22)29-27-30(42-17-35-38-31(42)37-29)41(20(3)36-27)16-24-5-4-12-43-24/h6-11,13,17-19,24,28H,4-5,12,14-16H2,1-3H3/t18-,19+,24?,28?/m1/s1. The first-order valence-corrected chi connectivity index (χ1v) is 15.4. The Morgan fingerprint density at radius 3 is 2.56 bits per heavy atom. The molecule has 0 N–H and O–H groups in total. The molecule has 2 saturated heterocycles. The molecule has 12 heteroatoms. The lowest BCUT2D eigenvalue weighted by atomic mass is 9.93. The van der Waals surface area contributed by atoms with Gasteiger partial charge in [0.05, 0.1) is 23.7 Å². The number of aryl methyl sites for hydroxylation is 1. The van der Waals surface area contributed by atoms with Crippen LogP contribution < -0.4 is 4.90 Å². The van der Waals surface area contributed by atoms with E-state index in [4.69, 9.17) is 37.9 Å². The van der Waals surface area contributed by atoms with Gasteiger partial charge in [-0.1, -0.05) is 41.4 Å². The Bertz CT molecular complexity index is 1780. The van der Waals surface area contributed by atoms with Crippen LogP contribution in [0.4, 0.5) is 10.2 Å². The summed E-state index contributed by atoms with van der Waals surface area (Å²) in [5, 5.41) is 9.29. The fourth-order valence-corrected chi connectivity index (χ4v) is 6.99. The molecule has 43 heavy (non-hydrogen) atoms. The number of hydrogen-bond acceptors (Lipinski definition) is 7. The average molecular weight is 624 g/mol. The van der Waals surface area contributed by atoms with E-state index < -0.39 is 5.82 Å². The number of hydrogen-bond donors (Lipinski definition) is 0. The van der Waals surface area contributed by atoms with E-state index in [1.165, 1.54) is 6.07 Å². The van der Waals surface area contributed by atoms with Gasteiger partial charge in [0.25, 0.3) is 5.78 Å². The smallest absolute Gasteiger partial charge is 0.258 e. The molecule has 0 aliphatic carbocycles. The lowest BCUT2D eigenvalue weighted by Gasteiger charge is -2.48. The Morgan fingerprint density at radius 2 is 1.81 bits per heavy atom. The molecule has 3 aromatic heterocycles. The van der Waals surface area contributed by atoms with Crippen molar-refractivity contribution < 1.29 is 9.13 Å². The highest BCUT2D eigenvalue weighted by atomic mass is 35.5. The fraction of sp³-hybridized carbons (Fsp3) is 0.419. The third-order valence-electron chi connectivity index (χ3n) is 8.80. The van der Waals surface area contributed by atoms with E-state index in [-0.39, 0.29) is 29.3 Å². The predicted molar refractivity (Wildman–Crippen MR) is 165 cm³/mol. The number of rotatable bonds is 6. The highest BCUT2D eigenvalue weighted by Gasteiger charge is 2.37. The zero-order valence-electron chi connectivity index (χ0n) is 24.3.